The molecule has 0 radical (unpaired) electrons. The second-order valence-electron chi connectivity index (χ2n) is 20.0. The summed E-state index contributed by atoms with van der Waals surface area (Å²) in [7, 11) is 0. The highest BCUT2D eigenvalue weighted by Gasteiger charge is 2.37. The lowest BCUT2D eigenvalue weighted by atomic mass is 9.82. The molecule has 68 heavy (non-hydrogen) atoms. The lowest BCUT2D eigenvalue weighted by Crippen LogP contribution is -2.19. The number of para-hydroxylation sites is 1. The van der Waals surface area contributed by atoms with E-state index in [1.54, 1.807) is 0 Å². The first-order valence-electron chi connectivity index (χ1n) is 24.0. The fourth-order valence-electron chi connectivity index (χ4n) is 12.2. The van der Waals surface area contributed by atoms with Gasteiger partial charge in [-0.25, -0.2) is 0 Å². The van der Waals surface area contributed by atoms with Crippen LogP contribution in [0.1, 0.15) is 62.8 Å². The van der Waals surface area contributed by atoms with Crippen LogP contribution in [0.25, 0.3) is 66.1 Å². The molecule has 9 aromatic carbocycles. The van der Waals surface area contributed by atoms with Gasteiger partial charge in [0.25, 0.3) is 0 Å². The summed E-state index contributed by atoms with van der Waals surface area (Å²) in [5, 5.41) is 4.43. The van der Waals surface area contributed by atoms with Crippen molar-refractivity contribution in [2.45, 2.75) is 51.4 Å². The predicted octanol–water partition coefficient (Wildman–Crippen LogP) is 18.0. The largest absolute Gasteiger partial charge is 0.456 e. The van der Waals surface area contributed by atoms with E-state index in [9.17, 15) is 0 Å². The molecule has 14 rings (SSSR count). The number of rotatable bonds is 6. The molecule has 0 N–H and O–H groups in total. The van der Waals surface area contributed by atoms with Crippen LogP contribution >= 0.6 is 0 Å². The number of anilines is 5. The van der Waals surface area contributed by atoms with Crippen molar-refractivity contribution < 1.29 is 9.15 Å². The second-order valence-corrected chi connectivity index (χ2v) is 20.0. The molecular formula is C64H48N2O2. The highest BCUT2D eigenvalue weighted by atomic mass is 16.5. The Bertz CT molecular complexity index is 3850. The summed E-state index contributed by atoms with van der Waals surface area (Å²) >= 11 is 0. The van der Waals surface area contributed by atoms with Gasteiger partial charge in [0.15, 0.2) is 0 Å². The number of hydrogen-bond acceptors (Lipinski definition) is 4. The number of benzene rings is 9. The van der Waals surface area contributed by atoms with E-state index in [1.165, 1.54) is 50.2 Å². The number of allylic oxidation sites excluding steroid dienone is 4. The van der Waals surface area contributed by atoms with E-state index in [0.29, 0.717) is 0 Å². The Morgan fingerprint density at radius 3 is 1.71 bits per heavy atom. The van der Waals surface area contributed by atoms with E-state index < -0.39 is 0 Å². The zero-order valence-electron chi connectivity index (χ0n) is 38.6. The lowest BCUT2D eigenvalue weighted by Gasteiger charge is -2.30. The summed E-state index contributed by atoms with van der Waals surface area (Å²) < 4.78 is 13.9. The molecule has 3 aliphatic carbocycles. The van der Waals surface area contributed by atoms with Gasteiger partial charge in [0.1, 0.15) is 22.7 Å². The molecule has 0 spiro atoms. The molecule has 0 saturated heterocycles. The average Bonchev–Trinajstić information content (AvgIpc) is 3.94. The van der Waals surface area contributed by atoms with Crippen LogP contribution in [0.5, 0.6) is 11.5 Å². The van der Waals surface area contributed by atoms with Gasteiger partial charge in [-0.3, -0.25) is 0 Å². The van der Waals surface area contributed by atoms with Gasteiger partial charge in [-0.1, -0.05) is 131 Å². The minimum atomic E-state index is -0.119. The van der Waals surface area contributed by atoms with Crippen LogP contribution in [0, 0.1) is 0 Å². The Morgan fingerprint density at radius 2 is 1.01 bits per heavy atom. The highest BCUT2D eigenvalue weighted by molar-refractivity contribution is 6.24. The van der Waals surface area contributed by atoms with Crippen molar-refractivity contribution in [1.82, 2.24) is 0 Å². The van der Waals surface area contributed by atoms with Crippen LogP contribution < -0.4 is 14.5 Å². The normalized spacial score (nSPS) is 15.3. The lowest BCUT2D eigenvalue weighted by molar-refractivity contribution is 0.487. The van der Waals surface area contributed by atoms with Gasteiger partial charge in [0.2, 0.25) is 0 Å². The first-order valence-corrected chi connectivity index (χ1v) is 24.0. The number of furan rings is 1. The molecule has 0 unspecified atom stereocenters. The number of hydrogen-bond donors (Lipinski definition) is 0. The van der Waals surface area contributed by atoms with Crippen LogP contribution in [0.4, 0.5) is 28.4 Å². The Hall–Kier alpha value is -8.08. The number of fused-ring (bicyclic) bond motifs is 12. The molecule has 0 fully saturated rings. The standard InChI is InChI=1S/C64H48N2O2/c1-63(2)53-23-13-11-20-45(53)47-30-26-41(34-55(47)63)65(39-16-7-5-8-17-39)43-28-32-49-52-38-60-61(51-22-15-25-57(62(51)52)67-58(49)36-43)50-33-29-44(37-59(50)68-60)66(40-18-9-6-10-19-40)42-27-31-48-46-21-12-14-24-54(46)64(3,4)56(48)35-42/h5-9,11-18,20-38H,10,19H2,1-4H3. The molecule has 326 valence electrons. The predicted molar refractivity (Wildman–Crippen MR) is 282 cm³/mol. The SMILES string of the molecule is CC1(C)c2ccccc2-c2ccc(N(C3=CC=CCC3)c3ccc4c(c3)oc3cc5c6c(cccc6c34)Oc3cc(N(c4ccccc4)c4ccc6c(c4)C(C)(C)c4ccccc4-6)ccc3-5)cc21. The summed E-state index contributed by atoms with van der Waals surface area (Å²) in [6.45, 7) is 9.39. The zero-order valence-corrected chi connectivity index (χ0v) is 38.6. The Labute approximate surface area is 396 Å². The molecule has 0 saturated carbocycles. The molecule has 4 nitrogen and oxygen atoms in total. The minimum Gasteiger partial charge on any atom is -0.456 e. The fourth-order valence-corrected chi connectivity index (χ4v) is 12.2. The summed E-state index contributed by atoms with van der Waals surface area (Å²) in [5.41, 5.74) is 21.1. The maximum atomic E-state index is 6.99. The van der Waals surface area contributed by atoms with Crippen molar-refractivity contribution in [3.05, 3.63) is 222 Å². The minimum absolute atomic E-state index is 0.100. The third-order valence-electron chi connectivity index (χ3n) is 15.5. The first kappa shape index (κ1) is 39.1. The van der Waals surface area contributed by atoms with Crippen molar-refractivity contribution in [2.24, 2.45) is 0 Å². The average molecular weight is 877 g/mol. The monoisotopic (exact) mass is 876 g/mol. The zero-order chi connectivity index (χ0) is 45.5. The maximum absolute atomic E-state index is 6.99. The van der Waals surface area contributed by atoms with E-state index in [-0.39, 0.29) is 10.8 Å². The summed E-state index contributed by atoms with van der Waals surface area (Å²) in [4.78, 5) is 4.79. The van der Waals surface area contributed by atoms with Gasteiger partial charge >= 0.3 is 0 Å². The first-order chi connectivity index (χ1) is 33.2. The maximum Gasteiger partial charge on any atom is 0.137 e. The van der Waals surface area contributed by atoms with Gasteiger partial charge < -0.3 is 19.0 Å². The van der Waals surface area contributed by atoms with Gasteiger partial charge in [-0.05, 0) is 142 Å². The Morgan fingerprint density at radius 1 is 0.412 bits per heavy atom. The van der Waals surface area contributed by atoms with Crippen LogP contribution in [-0.4, -0.2) is 0 Å². The van der Waals surface area contributed by atoms with Gasteiger partial charge in [0.05, 0.1) is 0 Å². The van der Waals surface area contributed by atoms with E-state index in [0.717, 1.165) is 96.6 Å². The van der Waals surface area contributed by atoms with Crippen molar-refractivity contribution in [1.29, 1.82) is 0 Å². The van der Waals surface area contributed by atoms with E-state index in [1.807, 2.05) is 0 Å². The van der Waals surface area contributed by atoms with E-state index in [4.69, 9.17) is 9.15 Å². The molecular weight excluding hydrogens is 829 g/mol. The topological polar surface area (TPSA) is 28.9 Å². The summed E-state index contributed by atoms with van der Waals surface area (Å²) in [6.07, 6.45) is 8.68. The van der Waals surface area contributed by atoms with Crippen LogP contribution in [0.3, 0.4) is 0 Å². The number of nitrogens with zero attached hydrogens (tertiary/aromatic N) is 2. The molecule has 1 aromatic heterocycles. The fraction of sp³-hybridized carbons (Fsp3) is 0.125. The number of ether oxygens (including phenoxy) is 1. The van der Waals surface area contributed by atoms with Crippen LogP contribution in [0.15, 0.2) is 204 Å². The van der Waals surface area contributed by atoms with Gasteiger partial charge in [0, 0.05) is 84.4 Å². The van der Waals surface area contributed by atoms with E-state index in [2.05, 4.69) is 232 Å². The van der Waals surface area contributed by atoms with Gasteiger partial charge in [-0.2, -0.15) is 0 Å². The van der Waals surface area contributed by atoms with E-state index >= 15 is 0 Å². The summed E-state index contributed by atoms with van der Waals surface area (Å²) in [5.74, 6) is 1.67. The van der Waals surface area contributed by atoms with Crippen LogP contribution in [0.2, 0.25) is 0 Å². The smallest absolute Gasteiger partial charge is 0.137 e. The molecule has 4 aliphatic rings. The van der Waals surface area contributed by atoms with Gasteiger partial charge in [-0.15, -0.1) is 0 Å². The Kier molecular flexibility index (Phi) is 8.18. The highest BCUT2D eigenvalue weighted by Crippen LogP contribution is 2.55. The molecule has 2 heterocycles. The van der Waals surface area contributed by atoms with Crippen molar-refractivity contribution in [2.75, 3.05) is 9.80 Å². The third-order valence-corrected chi connectivity index (χ3v) is 15.5. The molecule has 1 aliphatic heterocycles. The molecule has 4 heteroatoms. The summed E-state index contributed by atoms with van der Waals surface area (Å²) in [6, 6.07) is 64.4. The molecule has 0 atom stereocenters. The van der Waals surface area contributed by atoms with Crippen molar-refractivity contribution in [3.63, 3.8) is 0 Å². The molecule has 10 aromatic rings. The second kappa shape index (κ2) is 14.2. The van der Waals surface area contributed by atoms with Crippen molar-refractivity contribution in [3.8, 4) is 44.9 Å². The molecule has 0 bridgehead atoms. The Balaban J connectivity index is 0.882. The van der Waals surface area contributed by atoms with Crippen LogP contribution in [-0.2, 0) is 10.8 Å². The quantitative estimate of drug-likeness (QED) is 0.166. The molecule has 0 amide bonds. The third kappa shape index (κ3) is 5.55. The van der Waals surface area contributed by atoms with Crippen molar-refractivity contribution >= 4 is 61.1 Å².